The van der Waals surface area contributed by atoms with Gasteiger partial charge in [-0.3, -0.25) is 9.59 Å². The normalized spacial score (nSPS) is 19.2. The average Bonchev–Trinajstić information content (AvgIpc) is 2.79. The Hall–Kier alpha value is -1.10. The second kappa shape index (κ2) is 8.08. The molecule has 1 saturated heterocycles. The van der Waals surface area contributed by atoms with Crippen molar-refractivity contribution in [3.05, 3.63) is 0 Å². The third-order valence-corrected chi connectivity index (χ3v) is 3.42. The standard InChI is InChI=1S/C13H23NO4/c15-10-4-6-11-5-3-9-14(11)12(16)7-1-2-8-13(17)18/h11,15H,1-10H2,(H,17,18). The quantitative estimate of drug-likeness (QED) is 0.644. The molecule has 0 saturated carbocycles. The van der Waals surface area contributed by atoms with Gasteiger partial charge in [0, 0.05) is 32.0 Å². The molecule has 1 amide bonds. The Bertz CT molecular complexity index is 280. The number of aliphatic hydroxyl groups excluding tert-OH is 1. The fourth-order valence-corrected chi connectivity index (χ4v) is 2.49. The fourth-order valence-electron chi connectivity index (χ4n) is 2.49. The zero-order chi connectivity index (χ0) is 13.4. The van der Waals surface area contributed by atoms with Gasteiger partial charge in [0.15, 0.2) is 0 Å². The van der Waals surface area contributed by atoms with Crippen LogP contribution in [-0.2, 0) is 9.59 Å². The number of likely N-dealkylation sites (tertiary alicyclic amines) is 1. The molecule has 0 aromatic carbocycles. The molecule has 1 aliphatic rings. The van der Waals surface area contributed by atoms with Crippen molar-refractivity contribution >= 4 is 11.9 Å². The van der Waals surface area contributed by atoms with Crippen LogP contribution in [0.5, 0.6) is 0 Å². The number of aliphatic carboxylic acids is 1. The van der Waals surface area contributed by atoms with Crippen LogP contribution in [0.3, 0.4) is 0 Å². The topological polar surface area (TPSA) is 77.8 Å². The molecule has 0 bridgehead atoms. The molecule has 5 heteroatoms. The Morgan fingerprint density at radius 1 is 1.17 bits per heavy atom. The number of carbonyl (C=O) groups is 2. The summed E-state index contributed by atoms with van der Waals surface area (Å²) in [6.07, 6.45) is 5.48. The van der Waals surface area contributed by atoms with Gasteiger partial charge in [0.1, 0.15) is 0 Å². The van der Waals surface area contributed by atoms with E-state index in [-0.39, 0.29) is 25.0 Å². The molecule has 0 radical (unpaired) electrons. The SMILES string of the molecule is O=C(O)CCCCC(=O)N1CCCC1CCCO. The van der Waals surface area contributed by atoms with Crippen molar-refractivity contribution in [3.8, 4) is 0 Å². The van der Waals surface area contributed by atoms with Gasteiger partial charge in [-0.2, -0.15) is 0 Å². The third kappa shape index (κ3) is 5.04. The first kappa shape index (κ1) is 15.0. The van der Waals surface area contributed by atoms with Gasteiger partial charge in [-0.25, -0.2) is 0 Å². The Morgan fingerprint density at radius 2 is 1.89 bits per heavy atom. The Kier molecular flexibility index (Phi) is 6.72. The van der Waals surface area contributed by atoms with Crippen LogP contribution in [0.15, 0.2) is 0 Å². The number of rotatable bonds is 8. The lowest BCUT2D eigenvalue weighted by Gasteiger charge is -2.24. The van der Waals surface area contributed by atoms with Crippen molar-refractivity contribution in [2.24, 2.45) is 0 Å². The number of aliphatic hydroxyl groups is 1. The minimum Gasteiger partial charge on any atom is -0.481 e. The number of amides is 1. The Morgan fingerprint density at radius 3 is 2.56 bits per heavy atom. The van der Waals surface area contributed by atoms with Gasteiger partial charge in [-0.15, -0.1) is 0 Å². The van der Waals surface area contributed by atoms with Crippen LogP contribution in [0.4, 0.5) is 0 Å². The fraction of sp³-hybridized carbons (Fsp3) is 0.846. The first-order valence-electron chi connectivity index (χ1n) is 6.77. The highest BCUT2D eigenvalue weighted by Crippen LogP contribution is 2.22. The molecule has 18 heavy (non-hydrogen) atoms. The van der Waals surface area contributed by atoms with Crippen molar-refractivity contribution in [1.82, 2.24) is 4.90 Å². The lowest BCUT2D eigenvalue weighted by molar-refractivity contribution is -0.137. The molecule has 104 valence electrons. The number of carboxylic acid groups (broad SMARTS) is 1. The molecule has 0 spiro atoms. The molecule has 1 fully saturated rings. The molecule has 1 aliphatic heterocycles. The minimum absolute atomic E-state index is 0.140. The number of hydrogen-bond acceptors (Lipinski definition) is 3. The third-order valence-electron chi connectivity index (χ3n) is 3.42. The van der Waals surface area contributed by atoms with Crippen molar-refractivity contribution in [1.29, 1.82) is 0 Å². The minimum atomic E-state index is -0.801. The van der Waals surface area contributed by atoms with E-state index in [1.165, 1.54) is 0 Å². The second-order valence-corrected chi connectivity index (χ2v) is 4.85. The van der Waals surface area contributed by atoms with Crippen LogP contribution in [0.2, 0.25) is 0 Å². The highest BCUT2D eigenvalue weighted by atomic mass is 16.4. The van der Waals surface area contributed by atoms with Crippen LogP contribution in [0.25, 0.3) is 0 Å². The molecular weight excluding hydrogens is 234 g/mol. The molecule has 1 heterocycles. The van der Waals surface area contributed by atoms with E-state index < -0.39 is 5.97 Å². The molecule has 1 atom stereocenters. The molecule has 1 unspecified atom stereocenters. The van der Waals surface area contributed by atoms with E-state index in [2.05, 4.69) is 0 Å². The van der Waals surface area contributed by atoms with Gasteiger partial charge in [-0.05, 0) is 38.5 Å². The lowest BCUT2D eigenvalue weighted by atomic mass is 10.1. The predicted molar refractivity (Wildman–Crippen MR) is 67.2 cm³/mol. The molecular formula is C13H23NO4. The van der Waals surface area contributed by atoms with E-state index in [0.717, 1.165) is 32.2 Å². The number of carbonyl (C=O) groups excluding carboxylic acids is 1. The van der Waals surface area contributed by atoms with E-state index in [1.54, 1.807) is 0 Å². The summed E-state index contributed by atoms with van der Waals surface area (Å²) in [6.45, 7) is 0.991. The maximum atomic E-state index is 12.0. The highest BCUT2D eigenvalue weighted by Gasteiger charge is 2.27. The van der Waals surface area contributed by atoms with Crippen LogP contribution in [0, 0.1) is 0 Å². The van der Waals surface area contributed by atoms with Gasteiger partial charge < -0.3 is 15.1 Å². The molecule has 0 aromatic rings. The monoisotopic (exact) mass is 257 g/mol. The predicted octanol–water partition coefficient (Wildman–Crippen LogP) is 1.39. The number of unbranched alkanes of at least 4 members (excludes halogenated alkanes) is 1. The maximum Gasteiger partial charge on any atom is 0.303 e. The smallest absolute Gasteiger partial charge is 0.303 e. The van der Waals surface area contributed by atoms with Crippen molar-refractivity contribution in [2.45, 2.75) is 57.4 Å². The number of carboxylic acids is 1. The van der Waals surface area contributed by atoms with Crippen LogP contribution >= 0.6 is 0 Å². The average molecular weight is 257 g/mol. The number of hydrogen-bond donors (Lipinski definition) is 2. The van der Waals surface area contributed by atoms with Gasteiger partial charge in [0.25, 0.3) is 0 Å². The molecule has 1 rings (SSSR count). The van der Waals surface area contributed by atoms with E-state index >= 15 is 0 Å². The Balaban J connectivity index is 2.24. The van der Waals surface area contributed by atoms with Crippen molar-refractivity contribution in [2.75, 3.05) is 13.2 Å². The van der Waals surface area contributed by atoms with Gasteiger partial charge in [0.2, 0.25) is 5.91 Å². The van der Waals surface area contributed by atoms with Crippen molar-refractivity contribution in [3.63, 3.8) is 0 Å². The molecule has 5 nitrogen and oxygen atoms in total. The summed E-state index contributed by atoms with van der Waals surface area (Å²) >= 11 is 0. The largest absolute Gasteiger partial charge is 0.481 e. The number of nitrogens with zero attached hydrogens (tertiary/aromatic N) is 1. The Labute approximate surface area is 108 Å². The zero-order valence-corrected chi connectivity index (χ0v) is 10.8. The van der Waals surface area contributed by atoms with Gasteiger partial charge >= 0.3 is 5.97 Å². The highest BCUT2D eigenvalue weighted by molar-refractivity contribution is 5.76. The van der Waals surface area contributed by atoms with Gasteiger partial charge in [-0.1, -0.05) is 0 Å². The molecule has 0 aliphatic carbocycles. The van der Waals surface area contributed by atoms with E-state index in [1.807, 2.05) is 4.90 Å². The first-order valence-corrected chi connectivity index (χ1v) is 6.77. The summed E-state index contributed by atoms with van der Waals surface area (Å²) in [5.74, 6) is -0.662. The van der Waals surface area contributed by atoms with Crippen LogP contribution in [-0.4, -0.2) is 46.2 Å². The summed E-state index contributed by atoms with van der Waals surface area (Å²) in [5.41, 5.74) is 0. The summed E-state index contributed by atoms with van der Waals surface area (Å²) < 4.78 is 0. The maximum absolute atomic E-state index is 12.0. The summed E-state index contributed by atoms with van der Waals surface area (Å²) in [6, 6.07) is 0.282. The van der Waals surface area contributed by atoms with Crippen LogP contribution in [0.1, 0.15) is 51.4 Å². The van der Waals surface area contributed by atoms with E-state index in [9.17, 15) is 9.59 Å². The first-order chi connectivity index (χ1) is 8.65. The molecule has 2 N–H and O–H groups in total. The summed E-state index contributed by atoms with van der Waals surface area (Å²) in [7, 11) is 0. The molecule has 0 aromatic heterocycles. The van der Waals surface area contributed by atoms with E-state index in [4.69, 9.17) is 10.2 Å². The van der Waals surface area contributed by atoms with Gasteiger partial charge in [0.05, 0.1) is 0 Å². The van der Waals surface area contributed by atoms with Crippen molar-refractivity contribution < 1.29 is 19.8 Å². The summed E-state index contributed by atoms with van der Waals surface area (Å²) in [4.78, 5) is 24.2. The summed E-state index contributed by atoms with van der Waals surface area (Å²) in [5, 5.41) is 17.3. The van der Waals surface area contributed by atoms with Crippen LogP contribution < -0.4 is 0 Å². The van der Waals surface area contributed by atoms with E-state index in [0.29, 0.717) is 19.3 Å². The lowest BCUT2D eigenvalue weighted by Crippen LogP contribution is -2.35. The zero-order valence-electron chi connectivity index (χ0n) is 10.8. The second-order valence-electron chi connectivity index (χ2n) is 4.85.